The van der Waals surface area contributed by atoms with Crippen LogP contribution in [0.5, 0.6) is 5.75 Å². The fourth-order valence-corrected chi connectivity index (χ4v) is 3.87. The lowest BCUT2D eigenvalue weighted by atomic mass is 10.2. The van der Waals surface area contributed by atoms with E-state index in [9.17, 15) is 17.4 Å². The van der Waals surface area contributed by atoms with Crippen LogP contribution < -0.4 is 9.46 Å². The molecule has 0 fully saturated rings. The number of hydrogen-bond donors (Lipinski definition) is 1. The van der Waals surface area contributed by atoms with Crippen LogP contribution in [0.1, 0.15) is 5.56 Å². The quantitative estimate of drug-likeness (QED) is 0.736. The number of nitrogens with one attached hydrogen (secondary N) is 1. The van der Waals surface area contributed by atoms with E-state index in [1.165, 1.54) is 30.6 Å². The molecule has 1 N–H and O–H groups in total. The Bertz CT molecular complexity index is 892. The third-order valence-electron chi connectivity index (χ3n) is 3.18. The van der Waals surface area contributed by atoms with Gasteiger partial charge in [0.25, 0.3) is 0 Å². The van der Waals surface area contributed by atoms with Crippen LogP contribution >= 0.6 is 11.3 Å². The number of alkyl halides is 3. The molecule has 1 aromatic heterocycles. The minimum Gasteiger partial charge on any atom is -0.494 e. The topological polar surface area (TPSA) is 51.2 Å². The molecule has 9 heteroatoms. The van der Waals surface area contributed by atoms with Gasteiger partial charge >= 0.3 is 6.18 Å². The van der Waals surface area contributed by atoms with Gasteiger partial charge in [0.1, 0.15) is 11.3 Å². The molecule has 3 aromatic rings. The Balaban J connectivity index is 1.82. The van der Waals surface area contributed by atoms with Crippen molar-refractivity contribution < 1.29 is 22.1 Å². The largest absolute Gasteiger partial charge is 0.494 e. The maximum Gasteiger partial charge on any atom is 0.416 e. The number of thiazole rings is 1. The van der Waals surface area contributed by atoms with Gasteiger partial charge in [-0.1, -0.05) is 17.4 Å². The molecule has 1 heterocycles. The number of aromatic nitrogens is 1. The van der Waals surface area contributed by atoms with Crippen LogP contribution in [0.3, 0.4) is 0 Å². The number of anilines is 1. The maximum absolute atomic E-state index is 12.5. The van der Waals surface area contributed by atoms with E-state index < -0.39 is 22.7 Å². The molecule has 126 valence electrons. The van der Waals surface area contributed by atoms with Crippen molar-refractivity contribution >= 4 is 37.7 Å². The van der Waals surface area contributed by atoms with Crippen molar-refractivity contribution in [2.75, 3.05) is 11.8 Å². The lowest BCUT2D eigenvalue weighted by Gasteiger charge is -2.07. The third-order valence-corrected chi connectivity index (χ3v) is 5.32. The van der Waals surface area contributed by atoms with Crippen molar-refractivity contribution in [2.24, 2.45) is 0 Å². The SMILES string of the molecule is COc1cccc2sc(NS(=O)c3ccc(C(F)(F)F)cc3)nc12. The summed E-state index contributed by atoms with van der Waals surface area (Å²) in [7, 11) is -0.186. The van der Waals surface area contributed by atoms with E-state index in [0.717, 1.165) is 16.8 Å². The van der Waals surface area contributed by atoms with Crippen molar-refractivity contribution in [1.29, 1.82) is 0 Å². The van der Waals surface area contributed by atoms with Crippen molar-refractivity contribution in [3.8, 4) is 5.75 Å². The van der Waals surface area contributed by atoms with E-state index in [2.05, 4.69) is 9.71 Å². The van der Waals surface area contributed by atoms with Crippen LogP contribution in [-0.4, -0.2) is 16.3 Å². The zero-order valence-electron chi connectivity index (χ0n) is 12.3. The average molecular weight is 372 g/mol. The molecular weight excluding hydrogens is 361 g/mol. The van der Waals surface area contributed by atoms with Crippen LogP contribution in [0.25, 0.3) is 10.2 Å². The summed E-state index contributed by atoms with van der Waals surface area (Å²) < 4.78 is 58.7. The molecule has 0 aliphatic carbocycles. The highest BCUT2D eigenvalue weighted by Crippen LogP contribution is 2.33. The first kappa shape index (κ1) is 16.7. The molecule has 4 nitrogen and oxygen atoms in total. The van der Waals surface area contributed by atoms with Crippen LogP contribution in [0.15, 0.2) is 47.4 Å². The van der Waals surface area contributed by atoms with Gasteiger partial charge in [0.05, 0.1) is 22.3 Å². The summed E-state index contributed by atoms with van der Waals surface area (Å²) in [5, 5.41) is 0.396. The molecule has 0 saturated heterocycles. The molecule has 1 unspecified atom stereocenters. The van der Waals surface area contributed by atoms with Crippen molar-refractivity contribution in [2.45, 2.75) is 11.1 Å². The molecule has 0 aliphatic rings. The molecular formula is C15H11F3N2O2S2. The first-order chi connectivity index (χ1) is 11.4. The highest BCUT2D eigenvalue weighted by molar-refractivity contribution is 7.86. The first-order valence-corrected chi connectivity index (χ1v) is 8.64. The number of methoxy groups -OCH3 is 1. The van der Waals surface area contributed by atoms with E-state index in [0.29, 0.717) is 16.4 Å². The predicted octanol–water partition coefficient (Wildman–Crippen LogP) is 4.46. The molecule has 0 bridgehead atoms. The van der Waals surface area contributed by atoms with Gasteiger partial charge < -0.3 is 4.74 Å². The number of benzene rings is 2. The average Bonchev–Trinajstić information content (AvgIpc) is 2.96. The zero-order valence-corrected chi connectivity index (χ0v) is 13.9. The Morgan fingerprint density at radius 1 is 1.17 bits per heavy atom. The van der Waals surface area contributed by atoms with Gasteiger partial charge in [-0.05, 0) is 36.4 Å². The second-order valence-electron chi connectivity index (χ2n) is 4.72. The van der Waals surface area contributed by atoms with E-state index >= 15 is 0 Å². The van der Waals surface area contributed by atoms with E-state index in [1.807, 2.05) is 12.1 Å². The molecule has 2 aromatic carbocycles. The zero-order chi connectivity index (χ0) is 17.3. The van der Waals surface area contributed by atoms with Crippen molar-refractivity contribution in [3.05, 3.63) is 48.0 Å². The van der Waals surface area contributed by atoms with Gasteiger partial charge in [-0.2, -0.15) is 13.2 Å². The predicted molar refractivity (Wildman–Crippen MR) is 87.6 cm³/mol. The van der Waals surface area contributed by atoms with Crippen LogP contribution in [0.2, 0.25) is 0 Å². The first-order valence-electron chi connectivity index (χ1n) is 6.68. The Kier molecular flexibility index (Phi) is 4.46. The Labute approximate surface area is 141 Å². The maximum atomic E-state index is 12.5. The van der Waals surface area contributed by atoms with Gasteiger partial charge in [-0.15, -0.1) is 0 Å². The lowest BCUT2D eigenvalue weighted by Crippen LogP contribution is -2.07. The molecule has 0 radical (unpaired) electrons. The summed E-state index contributed by atoms with van der Waals surface area (Å²) in [6, 6.07) is 9.59. The smallest absolute Gasteiger partial charge is 0.416 e. The van der Waals surface area contributed by atoms with Crippen LogP contribution in [0.4, 0.5) is 18.3 Å². The highest BCUT2D eigenvalue weighted by atomic mass is 32.2. The summed E-state index contributed by atoms with van der Waals surface area (Å²) in [6.07, 6.45) is -4.42. The minimum absolute atomic E-state index is 0.231. The number of halogens is 3. The number of hydrogen-bond acceptors (Lipinski definition) is 4. The second-order valence-corrected chi connectivity index (χ2v) is 6.96. The fourth-order valence-electron chi connectivity index (χ4n) is 2.04. The Morgan fingerprint density at radius 3 is 2.50 bits per heavy atom. The standard InChI is InChI=1S/C15H11F3N2O2S2/c1-22-11-3-2-4-12-13(11)19-14(23-12)20-24(21)10-7-5-9(6-8-10)15(16,17)18/h2-8H,1H3,(H,19,20). The third kappa shape index (κ3) is 3.36. The molecule has 24 heavy (non-hydrogen) atoms. The van der Waals surface area contributed by atoms with E-state index in [1.54, 1.807) is 6.07 Å². The van der Waals surface area contributed by atoms with Crippen molar-refractivity contribution in [3.63, 3.8) is 0 Å². The Morgan fingerprint density at radius 2 is 1.88 bits per heavy atom. The van der Waals surface area contributed by atoms with E-state index in [4.69, 9.17) is 4.74 Å². The van der Waals surface area contributed by atoms with Crippen LogP contribution in [0, 0.1) is 0 Å². The molecule has 0 spiro atoms. The Hall–Kier alpha value is -2.13. The number of para-hydroxylation sites is 1. The normalized spacial score (nSPS) is 13.0. The number of ether oxygens (including phenoxy) is 1. The lowest BCUT2D eigenvalue weighted by molar-refractivity contribution is -0.137. The fraction of sp³-hybridized carbons (Fsp3) is 0.133. The summed E-state index contributed by atoms with van der Waals surface area (Å²) in [6.45, 7) is 0. The van der Waals surface area contributed by atoms with Crippen molar-refractivity contribution in [1.82, 2.24) is 4.98 Å². The van der Waals surface area contributed by atoms with E-state index in [-0.39, 0.29) is 4.90 Å². The molecule has 0 aliphatic heterocycles. The summed E-state index contributed by atoms with van der Waals surface area (Å²) in [5.74, 6) is 0.595. The summed E-state index contributed by atoms with van der Waals surface area (Å²) in [4.78, 5) is 4.55. The summed E-state index contributed by atoms with van der Waals surface area (Å²) in [5.41, 5.74) is -0.148. The summed E-state index contributed by atoms with van der Waals surface area (Å²) >= 11 is 1.28. The number of fused-ring (bicyclic) bond motifs is 1. The van der Waals surface area contributed by atoms with Gasteiger partial charge in [0.15, 0.2) is 16.1 Å². The van der Waals surface area contributed by atoms with Gasteiger partial charge in [0, 0.05) is 0 Å². The van der Waals surface area contributed by atoms with Gasteiger partial charge in [0.2, 0.25) is 0 Å². The van der Waals surface area contributed by atoms with Gasteiger partial charge in [-0.3, -0.25) is 4.72 Å². The molecule has 0 saturated carbocycles. The monoisotopic (exact) mass is 372 g/mol. The minimum atomic E-state index is -4.42. The highest BCUT2D eigenvalue weighted by Gasteiger charge is 2.30. The number of nitrogens with zero attached hydrogens (tertiary/aromatic N) is 1. The molecule has 0 amide bonds. The molecule has 1 atom stereocenters. The second kappa shape index (κ2) is 6.40. The molecule has 3 rings (SSSR count). The number of rotatable bonds is 4. The van der Waals surface area contributed by atoms with Gasteiger partial charge in [-0.25, -0.2) is 9.19 Å². The van der Waals surface area contributed by atoms with Crippen LogP contribution in [-0.2, 0) is 17.2 Å².